The summed E-state index contributed by atoms with van der Waals surface area (Å²) in [5.74, 6) is 0.863. The summed E-state index contributed by atoms with van der Waals surface area (Å²) < 4.78 is 13.5. The van der Waals surface area contributed by atoms with Crippen molar-refractivity contribution in [3.63, 3.8) is 0 Å². The molecule has 4 heteroatoms. The lowest BCUT2D eigenvalue weighted by atomic mass is 10.1. The third kappa shape index (κ3) is 2.80. The molecular weight excluding hydrogens is 301 g/mol. The van der Waals surface area contributed by atoms with E-state index in [1.54, 1.807) is 6.07 Å². The molecule has 122 valence electrons. The van der Waals surface area contributed by atoms with Crippen molar-refractivity contribution in [2.75, 3.05) is 36.0 Å². The second-order valence-corrected chi connectivity index (χ2v) is 6.34. The summed E-state index contributed by atoms with van der Waals surface area (Å²) in [6, 6.07) is 17.6. The van der Waals surface area contributed by atoms with Crippen LogP contribution in [0.3, 0.4) is 0 Å². The summed E-state index contributed by atoms with van der Waals surface area (Å²) >= 11 is 0. The number of hydrogen-bond donors (Lipinski definition) is 0. The van der Waals surface area contributed by atoms with E-state index in [2.05, 4.69) is 52.0 Å². The van der Waals surface area contributed by atoms with Gasteiger partial charge in [-0.15, -0.1) is 0 Å². The van der Waals surface area contributed by atoms with Crippen molar-refractivity contribution in [3.8, 4) is 0 Å². The van der Waals surface area contributed by atoms with Gasteiger partial charge in [0.05, 0.1) is 13.1 Å². The number of pyridine rings is 1. The lowest BCUT2D eigenvalue weighted by molar-refractivity contribution is -0.330. The molecule has 24 heavy (non-hydrogen) atoms. The molecule has 1 saturated heterocycles. The van der Waals surface area contributed by atoms with Crippen molar-refractivity contribution in [2.24, 2.45) is 0 Å². The van der Waals surface area contributed by atoms with Crippen molar-refractivity contribution in [3.05, 3.63) is 66.0 Å². The maximum Gasteiger partial charge on any atom is 0.275 e. The van der Waals surface area contributed by atoms with Crippen LogP contribution in [0.2, 0.25) is 0 Å². The van der Waals surface area contributed by atoms with E-state index >= 15 is 0 Å². The van der Waals surface area contributed by atoms with Crippen LogP contribution < -0.4 is 14.8 Å². The van der Waals surface area contributed by atoms with Crippen molar-refractivity contribution >= 4 is 22.4 Å². The standard InChI is InChI=1S/C20H20FN3/c1-15-13-20(22-19-14-16(21)7-8-18(15)19)24-11-9-23(10-12-24)17-5-3-2-4-6-17/h2-8,13-14H,9-12H2,1H3/p+1. The third-order valence-corrected chi connectivity index (χ3v) is 4.76. The molecule has 4 rings (SSSR count). The quantitative estimate of drug-likeness (QED) is 0.720. The van der Waals surface area contributed by atoms with Crippen LogP contribution >= 0.6 is 0 Å². The number of nitrogens with one attached hydrogen (secondary N) is 1. The van der Waals surface area contributed by atoms with Gasteiger partial charge in [-0.1, -0.05) is 18.2 Å². The number of anilines is 2. The Morgan fingerprint density at radius 3 is 2.33 bits per heavy atom. The molecule has 1 N–H and O–H groups in total. The van der Waals surface area contributed by atoms with E-state index in [0.29, 0.717) is 0 Å². The van der Waals surface area contributed by atoms with Crippen molar-refractivity contribution in [1.29, 1.82) is 0 Å². The molecule has 3 aromatic rings. The zero-order valence-electron chi connectivity index (χ0n) is 13.8. The number of aryl methyl sites for hydroxylation is 1. The Hall–Kier alpha value is -2.62. The fourth-order valence-corrected chi connectivity index (χ4v) is 3.44. The molecule has 1 fully saturated rings. The second-order valence-electron chi connectivity index (χ2n) is 6.34. The van der Waals surface area contributed by atoms with Gasteiger partial charge in [0.1, 0.15) is 24.4 Å². The maximum absolute atomic E-state index is 13.5. The van der Waals surface area contributed by atoms with Crippen LogP contribution in [0.25, 0.3) is 10.9 Å². The summed E-state index contributed by atoms with van der Waals surface area (Å²) in [5, 5.41) is 1.07. The number of hydrogen-bond acceptors (Lipinski definition) is 2. The largest absolute Gasteiger partial charge is 0.364 e. The molecule has 2 aromatic carbocycles. The van der Waals surface area contributed by atoms with Gasteiger partial charge in [0.25, 0.3) is 5.82 Å². The summed E-state index contributed by atoms with van der Waals surface area (Å²) in [7, 11) is 0. The molecule has 0 saturated carbocycles. The zero-order valence-corrected chi connectivity index (χ0v) is 13.8. The predicted octanol–water partition coefficient (Wildman–Crippen LogP) is 3.43. The second kappa shape index (κ2) is 6.11. The van der Waals surface area contributed by atoms with E-state index in [0.717, 1.165) is 42.9 Å². The summed E-state index contributed by atoms with van der Waals surface area (Å²) in [5.41, 5.74) is 3.30. The van der Waals surface area contributed by atoms with Crippen LogP contribution in [0.4, 0.5) is 15.9 Å². The van der Waals surface area contributed by atoms with Gasteiger partial charge in [-0.2, -0.15) is 0 Å². The Kier molecular flexibility index (Phi) is 3.81. The molecule has 1 aliphatic rings. The number of nitrogens with zero attached hydrogens (tertiary/aromatic N) is 2. The SMILES string of the molecule is Cc1cc(N2CCN(c3ccccc3)CC2)[nH+]c2cc(F)ccc12. The highest BCUT2D eigenvalue weighted by molar-refractivity contribution is 5.80. The minimum Gasteiger partial charge on any atom is -0.364 e. The Bertz CT molecular complexity index is 855. The third-order valence-electron chi connectivity index (χ3n) is 4.76. The minimum absolute atomic E-state index is 0.204. The number of H-pyrrole nitrogens is 1. The topological polar surface area (TPSA) is 20.6 Å². The Morgan fingerprint density at radius 1 is 0.875 bits per heavy atom. The first-order chi connectivity index (χ1) is 11.7. The molecule has 1 aromatic heterocycles. The van der Waals surface area contributed by atoms with E-state index in [1.807, 2.05) is 12.1 Å². The molecule has 2 heterocycles. The molecule has 0 radical (unpaired) electrons. The van der Waals surface area contributed by atoms with E-state index in [4.69, 9.17) is 0 Å². The molecule has 0 bridgehead atoms. The lowest BCUT2D eigenvalue weighted by Crippen LogP contribution is -2.48. The van der Waals surface area contributed by atoms with Gasteiger partial charge in [0.15, 0.2) is 0 Å². The average Bonchev–Trinajstić information content (AvgIpc) is 2.62. The van der Waals surface area contributed by atoms with Crippen LogP contribution in [-0.4, -0.2) is 26.2 Å². The summed E-state index contributed by atoms with van der Waals surface area (Å²) in [4.78, 5) is 8.15. The fraction of sp³-hybridized carbons (Fsp3) is 0.250. The Balaban J connectivity index is 1.56. The zero-order chi connectivity index (χ0) is 16.5. The van der Waals surface area contributed by atoms with Gasteiger partial charge in [-0.25, -0.2) is 9.37 Å². The highest BCUT2D eigenvalue weighted by Gasteiger charge is 2.24. The predicted molar refractivity (Wildman–Crippen MR) is 96.1 cm³/mol. The van der Waals surface area contributed by atoms with Crippen molar-refractivity contribution < 1.29 is 9.37 Å². The van der Waals surface area contributed by atoms with Crippen LogP contribution in [0.1, 0.15) is 5.56 Å². The first-order valence-electron chi connectivity index (χ1n) is 8.38. The smallest absolute Gasteiger partial charge is 0.275 e. The fourth-order valence-electron chi connectivity index (χ4n) is 3.44. The first kappa shape index (κ1) is 14.9. The van der Waals surface area contributed by atoms with Crippen LogP contribution in [0.5, 0.6) is 0 Å². The average molecular weight is 322 g/mol. The number of piperazine rings is 1. The van der Waals surface area contributed by atoms with Gasteiger partial charge >= 0.3 is 0 Å². The number of fused-ring (bicyclic) bond motifs is 1. The van der Waals surface area contributed by atoms with Crippen LogP contribution in [0, 0.1) is 12.7 Å². The molecule has 0 spiro atoms. The molecule has 0 atom stereocenters. The molecule has 0 unspecified atom stereocenters. The van der Waals surface area contributed by atoms with Crippen molar-refractivity contribution in [1.82, 2.24) is 0 Å². The summed E-state index contributed by atoms with van der Waals surface area (Å²) in [6.07, 6.45) is 0. The van der Waals surface area contributed by atoms with Gasteiger partial charge < -0.3 is 4.90 Å². The van der Waals surface area contributed by atoms with E-state index in [-0.39, 0.29) is 5.82 Å². The Morgan fingerprint density at radius 2 is 1.58 bits per heavy atom. The number of aromatic amines is 1. The number of benzene rings is 2. The summed E-state index contributed by atoms with van der Waals surface area (Å²) in [6.45, 7) is 5.95. The van der Waals surface area contributed by atoms with E-state index < -0.39 is 0 Å². The van der Waals surface area contributed by atoms with E-state index in [9.17, 15) is 4.39 Å². The van der Waals surface area contributed by atoms with Gasteiger partial charge in [0.2, 0.25) is 0 Å². The lowest BCUT2D eigenvalue weighted by Gasteiger charge is -2.32. The first-order valence-corrected chi connectivity index (χ1v) is 8.38. The Labute approximate surface area is 141 Å². The molecular formula is C20H21FN3+. The van der Waals surface area contributed by atoms with E-state index in [1.165, 1.54) is 17.3 Å². The molecule has 0 aliphatic carbocycles. The highest BCUT2D eigenvalue weighted by Crippen LogP contribution is 2.22. The maximum atomic E-state index is 13.5. The van der Waals surface area contributed by atoms with Crippen LogP contribution in [0.15, 0.2) is 54.6 Å². The molecule has 3 nitrogen and oxygen atoms in total. The normalized spacial score (nSPS) is 15.1. The highest BCUT2D eigenvalue weighted by atomic mass is 19.1. The van der Waals surface area contributed by atoms with Gasteiger partial charge in [0, 0.05) is 23.2 Å². The monoisotopic (exact) mass is 322 g/mol. The van der Waals surface area contributed by atoms with Crippen molar-refractivity contribution in [2.45, 2.75) is 6.92 Å². The van der Waals surface area contributed by atoms with Crippen LogP contribution in [-0.2, 0) is 0 Å². The number of para-hydroxylation sites is 1. The van der Waals surface area contributed by atoms with Gasteiger partial charge in [-0.05, 0) is 36.8 Å². The number of rotatable bonds is 2. The number of halogens is 1. The number of aromatic nitrogens is 1. The molecule has 1 aliphatic heterocycles. The molecule has 0 amide bonds. The van der Waals surface area contributed by atoms with Gasteiger partial charge in [-0.3, -0.25) is 4.90 Å². The minimum atomic E-state index is -0.204.